The van der Waals surface area contributed by atoms with Gasteiger partial charge in [0.2, 0.25) is 10.0 Å². The highest BCUT2D eigenvalue weighted by Gasteiger charge is 2.18. The van der Waals surface area contributed by atoms with Crippen LogP contribution in [0.2, 0.25) is 0 Å². The number of nitrogens with zero attached hydrogens (tertiary/aromatic N) is 1. The molecule has 0 unspecified atom stereocenters. The number of nitrogens with one attached hydrogen (secondary N) is 2. The van der Waals surface area contributed by atoms with Gasteiger partial charge in [-0.05, 0) is 42.3 Å². The van der Waals surface area contributed by atoms with Gasteiger partial charge >= 0.3 is 0 Å². The number of primary sulfonamides is 1. The van der Waals surface area contributed by atoms with Gasteiger partial charge in [0.1, 0.15) is 16.3 Å². The second-order valence-electron chi connectivity index (χ2n) is 6.19. The lowest BCUT2D eigenvalue weighted by molar-refractivity contribution is 0.0946. The first-order chi connectivity index (χ1) is 13.3. The maximum absolute atomic E-state index is 12.4. The van der Waals surface area contributed by atoms with E-state index in [1.807, 2.05) is 31.2 Å². The molecule has 146 valence electrons. The molecule has 0 aliphatic heterocycles. The number of amides is 1. The van der Waals surface area contributed by atoms with E-state index in [1.165, 1.54) is 19.2 Å². The molecular weight excluding hydrogens is 380 g/mol. The number of methoxy groups -OCH3 is 1. The molecular formula is C19H20N4O4S. The minimum Gasteiger partial charge on any atom is -0.495 e. The van der Waals surface area contributed by atoms with Gasteiger partial charge in [-0.3, -0.25) is 9.89 Å². The second kappa shape index (κ2) is 7.83. The third-order valence-electron chi connectivity index (χ3n) is 4.29. The van der Waals surface area contributed by atoms with E-state index in [9.17, 15) is 13.2 Å². The number of rotatable bonds is 6. The lowest BCUT2D eigenvalue weighted by atomic mass is 10.1. The van der Waals surface area contributed by atoms with Crippen molar-refractivity contribution in [1.82, 2.24) is 15.5 Å². The van der Waals surface area contributed by atoms with Gasteiger partial charge in [-0.2, -0.15) is 5.10 Å². The SMILES string of the molecule is COc1ccc(-c2cc(C(=O)NCc3ccccc3C)[nH]n2)cc1S(N)(=O)=O. The van der Waals surface area contributed by atoms with Crippen LogP contribution in [0.3, 0.4) is 0 Å². The number of hydrogen-bond donors (Lipinski definition) is 3. The van der Waals surface area contributed by atoms with Crippen molar-refractivity contribution in [2.45, 2.75) is 18.4 Å². The molecule has 28 heavy (non-hydrogen) atoms. The Balaban J connectivity index is 1.80. The van der Waals surface area contributed by atoms with Crippen LogP contribution in [0.25, 0.3) is 11.3 Å². The normalized spacial score (nSPS) is 11.2. The van der Waals surface area contributed by atoms with Crippen LogP contribution in [-0.4, -0.2) is 31.6 Å². The van der Waals surface area contributed by atoms with Gasteiger partial charge in [0.25, 0.3) is 5.91 Å². The number of sulfonamides is 1. The summed E-state index contributed by atoms with van der Waals surface area (Å²) in [6.07, 6.45) is 0. The average molecular weight is 400 g/mol. The second-order valence-corrected chi connectivity index (χ2v) is 7.72. The maximum atomic E-state index is 12.4. The highest BCUT2D eigenvalue weighted by atomic mass is 32.2. The molecule has 0 radical (unpaired) electrons. The summed E-state index contributed by atoms with van der Waals surface area (Å²) in [5, 5.41) is 14.8. The molecule has 9 heteroatoms. The van der Waals surface area contributed by atoms with Crippen LogP contribution in [0.4, 0.5) is 0 Å². The minimum absolute atomic E-state index is 0.137. The first kappa shape index (κ1) is 19.6. The minimum atomic E-state index is -3.97. The summed E-state index contributed by atoms with van der Waals surface area (Å²) in [6.45, 7) is 2.36. The predicted molar refractivity (Wildman–Crippen MR) is 104 cm³/mol. The summed E-state index contributed by atoms with van der Waals surface area (Å²) in [6, 6.07) is 13.8. The lowest BCUT2D eigenvalue weighted by Crippen LogP contribution is -2.23. The van der Waals surface area contributed by atoms with Crippen molar-refractivity contribution >= 4 is 15.9 Å². The fourth-order valence-electron chi connectivity index (χ4n) is 2.72. The molecule has 1 amide bonds. The number of carbonyl (C=O) groups excluding carboxylic acids is 1. The predicted octanol–water partition coefficient (Wildman–Crippen LogP) is 1.97. The van der Waals surface area contributed by atoms with Gasteiger partial charge in [0, 0.05) is 12.1 Å². The number of H-pyrrole nitrogens is 1. The van der Waals surface area contributed by atoms with Crippen molar-refractivity contribution in [2.24, 2.45) is 5.14 Å². The number of carbonyl (C=O) groups is 1. The first-order valence-electron chi connectivity index (χ1n) is 8.39. The molecule has 0 spiro atoms. The third kappa shape index (κ3) is 4.21. The quantitative estimate of drug-likeness (QED) is 0.583. The van der Waals surface area contributed by atoms with Crippen LogP contribution in [0.1, 0.15) is 21.6 Å². The van der Waals surface area contributed by atoms with Crippen molar-refractivity contribution in [2.75, 3.05) is 7.11 Å². The Morgan fingerprint density at radius 3 is 2.64 bits per heavy atom. The Kier molecular flexibility index (Phi) is 5.48. The summed E-state index contributed by atoms with van der Waals surface area (Å²) < 4.78 is 28.6. The molecule has 2 aromatic carbocycles. The van der Waals surface area contributed by atoms with Crippen molar-refractivity contribution in [1.29, 1.82) is 0 Å². The van der Waals surface area contributed by atoms with Crippen LogP contribution < -0.4 is 15.2 Å². The molecule has 0 saturated heterocycles. The monoisotopic (exact) mass is 400 g/mol. The topological polar surface area (TPSA) is 127 Å². The van der Waals surface area contributed by atoms with Crippen molar-refractivity contribution in [3.05, 3.63) is 65.4 Å². The molecule has 0 bridgehead atoms. The van der Waals surface area contributed by atoms with E-state index in [1.54, 1.807) is 12.1 Å². The van der Waals surface area contributed by atoms with E-state index in [0.29, 0.717) is 17.8 Å². The lowest BCUT2D eigenvalue weighted by Gasteiger charge is -2.08. The zero-order valence-electron chi connectivity index (χ0n) is 15.4. The Hall–Kier alpha value is -3.17. The van der Waals surface area contributed by atoms with E-state index < -0.39 is 10.0 Å². The Bertz CT molecular complexity index is 1120. The summed E-state index contributed by atoms with van der Waals surface area (Å²) in [5.41, 5.74) is 3.26. The molecule has 0 fully saturated rings. The number of aromatic nitrogens is 2. The molecule has 3 rings (SSSR count). The first-order valence-corrected chi connectivity index (χ1v) is 9.93. The summed E-state index contributed by atoms with van der Waals surface area (Å²) in [4.78, 5) is 12.2. The van der Waals surface area contributed by atoms with E-state index in [4.69, 9.17) is 9.88 Å². The molecule has 1 heterocycles. The number of ether oxygens (including phenoxy) is 1. The number of benzene rings is 2. The fraction of sp³-hybridized carbons (Fsp3) is 0.158. The largest absolute Gasteiger partial charge is 0.495 e. The Morgan fingerprint density at radius 1 is 1.21 bits per heavy atom. The zero-order chi connectivity index (χ0) is 20.3. The van der Waals surface area contributed by atoms with Crippen LogP contribution in [0.5, 0.6) is 5.75 Å². The van der Waals surface area contributed by atoms with Gasteiger partial charge in [-0.25, -0.2) is 13.6 Å². The molecule has 0 atom stereocenters. The van der Waals surface area contributed by atoms with Gasteiger partial charge in [-0.1, -0.05) is 24.3 Å². The maximum Gasteiger partial charge on any atom is 0.269 e. The summed E-state index contributed by atoms with van der Waals surface area (Å²) in [7, 11) is -2.61. The van der Waals surface area contributed by atoms with Gasteiger partial charge in [-0.15, -0.1) is 0 Å². The summed E-state index contributed by atoms with van der Waals surface area (Å²) >= 11 is 0. The number of nitrogens with two attached hydrogens (primary N) is 1. The van der Waals surface area contributed by atoms with Crippen LogP contribution in [0.15, 0.2) is 53.4 Å². The third-order valence-corrected chi connectivity index (χ3v) is 5.22. The molecule has 0 aliphatic rings. The van der Waals surface area contributed by atoms with E-state index in [0.717, 1.165) is 11.1 Å². The van der Waals surface area contributed by atoms with Crippen LogP contribution in [-0.2, 0) is 16.6 Å². The van der Waals surface area contributed by atoms with Crippen molar-refractivity contribution in [3.63, 3.8) is 0 Å². The fourth-order valence-corrected chi connectivity index (χ4v) is 3.45. The van der Waals surface area contributed by atoms with Crippen molar-refractivity contribution in [3.8, 4) is 17.0 Å². The van der Waals surface area contributed by atoms with Crippen molar-refractivity contribution < 1.29 is 17.9 Å². The highest BCUT2D eigenvalue weighted by Crippen LogP contribution is 2.28. The van der Waals surface area contributed by atoms with Gasteiger partial charge < -0.3 is 10.1 Å². The highest BCUT2D eigenvalue weighted by molar-refractivity contribution is 7.89. The zero-order valence-corrected chi connectivity index (χ0v) is 16.2. The van der Waals surface area contributed by atoms with E-state index in [2.05, 4.69) is 15.5 Å². The van der Waals surface area contributed by atoms with Crippen LogP contribution in [0, 0.1) is 6.92 Å². The van der Waals surface area contributed by atoms with E-state index >= 15 is 0 Å². The van der Waals surface area contributed by atoms with Crippen LogP contribution >= 0.6 is 0 Å². The van der Waals surface area contributed by atoms with Gasteiger partial charge in [0.05, 0.1) is 12.8 Å². The molecule has 0 saturated carbocycles. The number of aryl methyl sites for hydroxylation is 1. The standard InChI is InChI=1S/C19H20N4O4S/c1-12-5-3-4-6-14(12)11-21-19(24)16-10-15(22-23-16)13-7-8-17(27-2)18(9-13)28(20,25)26/h3-10H,11H2,1-2H3,(H,21,24)(H,22,23)(H2,20,25,26). The molecule has 8 nitrogen and oxygen atoms in total. The Labute approximate surface area is 162 Å². The molecule has 4 N–H and O–H groups in total. The molecule has 0 aliphatic carbocycles. The van der Waals surface area contributed by atoms with E-state index in [-0.39, 0.29) is 22.2 Å². The average Bonchev–Trinajstić information content (AvgIpc) is 3.16. The Morgan fingerprint density at radius 2 is 1.96 bits per heavy atom. The molecule has 1 aromatic heterocycles. The van der Waals surface area contributed by atoms with Gasteiger partial charge in [0.15, 0.2) is 0 Å². The smallest absolute Gasteiger partial charge is 0.269 e. The number of aromatic amines is 1. The molecule has 3 aromatic rings. The summed E-state index contributed by atoms with van der Waals surface area (Å²) in [5.74, 6) is -0.180. The number of hydrogen-bond acceptors (Lipinski definition) is 5.